The van der Waals surface area contributed by atoms with Gasteiger partial charge in [0.25, 0.3) is 5.56 Å². The van der Waals surface area contributed by atoms with Crippen molar-refractivity contribution in [2.75, 3.05) is 0 Å². The maximum Gasteiger partial charge on any atom is 2.00 e. The van der Waals surface area contributed by atoms with E-state index >= 15 is 0 Å². The molecule has 0 spiro atoms. The van der Waals surface area contributed by atoms with Gasteiger partial charge in [0.05, 0.1) is 6.33 Å². The summed E-state index contributed by atoms with van der Waals surface area (Å²) in [6, 6.07) is 0. The molecular formula is C5H4MgN4O3. The van der Waals surface area contributed by atoms with Gasteiger partial charge in [-0.2, -0.15) is 0 Å². The van der Waals surface area contributed by atoms with Crippen LogP contribution in [0.1, 0.15) is 0 Å². The Bertz CT molecular complexity index is 498. The molecule has 2 aromatic heterocycles. The van der Waals surface area contributed by atoms with Gasteiger partial charge in [-0.05, 0) is 0 Å². The average molecular weight is 192 g/mol. The van der Waals surface area contributed by atoms with Crippen molar-refractivity contribution in [2.45, 2.75) is 0 Å². The van der Waals surface area contributed by atoms with Crippen LogP contribution in [0.3, 0.4) is 0 Å². The molecule has 0 atom stereocenters. The third-order valence-corrected chi connectivity index (χ3v) is 1.33. The van der Waals surface area contributed by atoms with Crippen molar-refractivity contribution in [3.05, 3.63) is 27.2 Å². The second kappa shape index (κ2) is 4.21. The molecule has 0 aromatic carbocycles. The number of hydrogen-bond acceptors (Lipinski definition) is 3. The largest absolute Gasteiger partial charge is 2.00 e. The van der Waals surface area contributed by atoms with Crippen molar-refractivity contribution in [1.29, 1.82) is 0 Å². The molecule has 0 aliphatic carbocycles. The van der Waals surface area contributed by atoms with Gasteiger partial charge in [0, 0.05) is 0 Å². The van der Waals surface area contributed by atoms with Crippen LogP contribution in [0.25, 0.3) is 11.2 Å². The van der Waals surface area contributed by atoms with Crippen LogP contribution in [-0.2, 0) is 5.48 Å². The van der Waals surface area contributed by atoms with Gasteiger partial charge in [-0.25, -0.2) is 9.78 Å². The summed E-state index contributed by atoms with van der Waals surface area (Å²) in [5, 5.41) is 0. The molecule has 2 heterocycles. The molecule has 13 heavy (non-hydrogen) atoms. The van der Waals surface area contributed by atoms with E-state index in [1.54, 1.807) is 0 Å². The summed E-state index contributed by atoms with van der Waals surface area (Å²) >= 11 is 0. The normalized spacial score (nSPS) is 8.92. The first-order valence-electron chi connectivity index (χ1n) is 2.93. The number of imidazole rings is 1. The van der Waals surface area contributed by atoms with Crippen LogP contribution in [0.2, 0.25) is 0 Å². The first kappa shape index (κ1) is 11.9. The number of aromatic amines is 3. The van der Waals surface area contributed by atoms with Crippen LogP contribution in [0, 0.1) is 0 Å². The predicted octanol–water partition coefficient (Wildman–Crippen LogP) is -1.56. The van der Waals surface area contributed by atoms with Crippen LogP contribution < -0.4 is 11.2 Å². The van der Waals surface area contributed by atoms with E-state index in [4.69, 9.17) is 0 Å². The molecule has 8 heteroatoms. The molecule has 0 saturated heterocycles. The van der Waals surface area contributed by atoms with E-state index in [-0.39, 0.29) is 39.7 Å². The standard InChI is InChI=1S/C5H4N4O2.Mg.O/c10-4-2-3(7-1-6-2)8-5(11)9-4;;/h1H,(H3,6,7,8,9,10,11);;/q;+2;-2. The SMILES string of the molecule is O=c1[nH]c(=O)c2[nH]cnc2[nH]1.[Mg+2].[O-2]. The smallest absolute Gasteiger partial charge is 2.00 e. The number of aromatic nitrogens is 4. The Hall–Kier alpha value is -1.12. The number of H-pyrrole nitrogens is 3. The summed E-state index contributed by atoms with van der Waals surface area (Å²) < 4.78 is 0. The zero-order valence-corrected chi connectivity index (χ0v) is 7.87. The summed E-state index contributed by atoms with van der Waals surface area (Å²) in [5.74, 6) is 0. The Labute approximate surface area is 87.1 Å². The maximum absolute atomic E-state index is 10.9. The van der Waals surface area contributed by atoms with E-state index in [0.29, 0.717) is 0 Å². The molecule has 0 aliphatic heterocycles. The summed E-state index contributed by atoms with van der Waals surface area (Å²) in [6.07, 6.45) is 1.34. The van der Waals surface area contributed by atoms with Crippen molar-refractivity contribution in [1.82, 2.24) is 19.9 Å². The molecule has 3 N–H and O–H groups in total. The molecule has 0 radical (unpaired) electrons. The third kappa shape index (κ3) is 1.97. The van der Waals surface area contributed by atoms with Gasteiger partial charge in [0.15, 0.2) is 5.65 Å². The first-order valence-corrected chi connectivity index (χ1v) is 2.93. The molecule has 0 bridgehead atoms. The van der Waals surface area contributed by atoms with Crippen LogP contribution >= 0.6 is 0 Å². The Morgan fingerprint density at radius 2 is 1.92 bits per heavy atom. The Balaban J connectivity index is 0.000000720. The van der Waals surface area contributed by atoms with Crippen molar-refractivity contribution >= 4 is 34.2 Å². The van der Waals surface area contributed by atoms with Crippen molar-refractivity contribution < 1.29 is 5.48 Å². The topological polar surface area (TPSA) is 123 Å². The Morgan fingerprint density at radius 1 is 1.23 bits per heavy atom. The number of nitrogens with zero attached hydrogens (tertiary/aromatic N) is 1. The van der Waals surface area contributed by atoms with Crippen molar-refractivity contribution in [3.63, 3.8) is 0 Å². The van der Waals surface area contributed by atoms with Gasteiger partial charge in [-0.15, -0.1) is 0 Å². The minimum absolute atomic E-state index is 0. The van der Waals surface area contributed by atoms with E-state index in [0.717, 1.165) is 0 Å². The van der Waals surface area contributed by atoms with Gasteiger partial charge in [-0.1, -0.05) is 0 Å². The van der Waals surface area contributed by atoms with Crippen LogP contribution in [0.4, 0.5) is 0 Å². The maximum atomic E-state index is 10.9. The van der Waals surface area contributed by atoms with Crippen LogP contribution in [0.15, 0.2) is 15.9 Å². The van der Waals surface area contributed by atoms with Crippen LogP contribution in [-0.4, -0.2) is 43.0 Å². The number of hydrogen-bond donors (Lipinski definition) is 3. The second-order valence-electron chi connectivity index (χ2n) is 2.03. The molecule has 0 saturated carbocycles. The molecule has 0 aliphatic rings. The fraction of sp³-hybridized carbons (Fsp3) is 0. The van der Waals surface area contributed by atoms with E-state index in [2.05, 4.69) is 19.9 Å². The van der Waals surface area contributed by atoms with Gasteiger partial charge in [-0.3, -0.25) is 14.8 Å². The molecule has 2 aromatic rings. The van der Waals surface area contributed by atoms with Gasteiger partial charge < -0.3 is 10.5 Å². The van der Waals surface area contributed by atoms with E-state index in [1.807, 2.05) is 0 Å². The molecular weight excluding hydrogens is 188 g/mol. The second-order valence-corrected chi connectivity index (χ2v) is 2.03. The monoisotopic (exact) mass is 192 g/mol. The molecule has 64 valence electrons. The zero-order valence-electron chi connectivity index (χ0n) is 6.46. The minimum atomic E-state index is -0.547. The predicted molar refractivity (Wildman–Crippen MR) is 43.8 cm³/mol. The summed E-state index contributed by atoms with van der Waals surface area (Å²) in [7, 11) is 0. The van der Waals surface area contributed by atoms with Crippen molar-refractivity contribution in [3.8, 4) is 0 Å². The fourth-order valence-electron chi connectivity index (χ4n) is 0.867. The summed E-state index contributed by atoms with van der Waals surface area (Å²) in [5.41, 5.74) is -0.445. The number of fused-ring (bicyclic) bond motifs is 1. The summed E-state index contributed by atoms with van der Waals surface area (Å²) in [4.78, 5) is 32.3. The van der Waals surface area contributed by atoms with Gasteiger partial charge in [0.2, 0.25) is 0 Å². The summed E-state index contributed by atoms with van der Waals surface area (Å²) in [6.45, 7) is 0. The molecule has 0 amide bonds. The quantitative estimate of drug-likeness (QED) is 0.437. The van der Waals surface area contributed by atoms with E-state index in [1.165, 1.54) is 6.33 Å². The van der Waals surface area contributed by atoms with E-state index in [9.17, 15) is 9.59 Å². The minimum Gasteiger partial charge on any atom is -2.00 e. The molecule has 7 nitrogen and oxygen atoms in total. The van der Waals surface area contributed by atoms with Crippen molar-refractivity contribution in [2.24, 2.45) is 0 Å². The zero-order chi connectivity index (χ0) is 7.84. The molecule has 0 fully saturated rings. The number of rotatable bonds is 0. The van der Waals surface area contributed by atoms with Crippen LogP contribution in [0.5, 0.6) is 0 Å². The first-order chi connectivity index (χ1) is 5.27. The van der Waals surface area contributed by atoms with Gasteiger partial charge >= 0.3 is 28.7 Å². The Morgan fingerprint density at radius 3 is 2.62 bits per heavy atom. The van der Waals surface area contributed by atoms with Gasteiger partial charge in [0.1, 0.15) is 5.52 Å². The Kier molecular flexibility index (Phi) is 3.85. The number of nitrogens with one attached hydrogen (secondary N) is 3. The molecule has 0 unspecified atom stereocenters. The average Bonchev–Trinajstić information content (AvgIpc) is 2.34. The molecule has 2 rings (SSSR count). The van der Waals surface area contributed by atoms with E-state index < -0.39 is 11.2 Å². The third-order valence-electron chi connectivity index (χ3n) is 1.33. The fourth-order valence-corrected chi connectivity index (χ4v) is 0.867.